The van der Waals surface area contributed by atoms with Crippen LogP contribution in [0.15, 0.2) is 63.9 Å². The Kier molecular flexibility index (Phi) is 2.44. The van der Waals surface area contributed by atoms with E-state index in [4.69, 9.17) is 4.42 Å². The fourth-order valence-corrected chi connectivity index (χ4v) is 2.55. The average molecular weight is 276 g/mol. The van der Waals surface area contributed by atoms with Crippen LogP contribution in [0.2, 0.25) is 0 Å². The molecule has 1 aromatic carbocycles. The molecule has 0 saturated carbocycles. The predicted molar refractivity (Wildman–Crippen MR) is 81.4 cm³/mol. The standard InChI is InChI=1S/C17H12N2O2/c1-11-5-4-6-12(9-11)14-10-13-16(17(20)21-14)18-15-7-2-3-8-19(13)15/h2-10H,1H3. The van der Waals surface area contributed by atoms with Crippen molar-refractivity contribution in [2.24, 2.45) is 0 Å². The van der Waals surface area contributed by atoms with Gasteiger partial charge in [0.2, 0.25) is 0 Å². The van der Waals surface area contributed by atoms with Crippen LogP contribution in [-0.4, -0.2) is 9.38 Å². The highest BCUT2D eigenvalue weighted by molar-refractivity contribution is 5.82. The fraction of sp³-hybridized carbons (Fsp3) is 0.0588. The molecular weight excluding hydrogens is 264 g/mol. The van der Waals surface area contributed by atoms with E-state index in [1.54, 1.807) is 0 Å². The van der Waals surface area contributed by atoms with Gasteiger partial charge in [0.15, 0.2) is 5.52 Å². The number of benzene rings is 1. The highest BCUT2D eigenvalue weighted by atomic mass is 16.4. The van der Waals surface area contributed by atoms with E-state index in [1.807, 2.05) is 66.1 Å². The van der Waals surface area contributed by atoms with Gasteiger partial charge in [-0.1, -0.05) is 29.8 Å². The second-order valence-electron chi connectivity index (χ2n) is 5.04. The first-order chi connectivity index (χ1) is 10.2. The van der Waals surface area contributed by atoms with Crippen LogP contribution in [0.25, 0.3) is 28.0 Å². The summed E-state index contributed by atoms with van der Waals surface area (Å²) in [5, 5.41) is 0. The third kappa shape index (κ3) is 1.84. The number of imidazole rings is 1. The molecule has 4 rings (SSSR count). The van der Waals surface area contributed by atoms with Gasteiger partial charge in [-0.2, -0.15) is 0 Å². The quantitative estimate of drug-likeness (QED) is 0.535. The lowest BCUT2D eigenvalue weighted by molar-refractivity contribution is 0.533. The molecule has 0 bridgehead atoms. The average Bonchev–Trinajstić information content (AvgIpc) is 2.87. The summed E-state index contributed by atoms with van der Waals surface area (Å²) in [5.74, 6) is 0.557. The fourth-order valence-electron chi connectivity index (χ4n) is 2.55. The van der Waals surface area contributed by atoms with Crippen LogP contribution in [-0.2, 0) is 0 Å². The molecule has 0 spiro atoms. The largest absolute Gasteiger partial charge is 0.421 e. The van der Waals surface area contributed by atoms with Gasteiger partial charge in [-0.3, -0.25) is 4.40 Å². The number of hydrogen-bond acceptors (Lipinski definition) is 3. The molecule has 4 heteroatoms. The van der Waals surface area contributed by atoms with Crippen LogP contribution in [0.5, 0.6) is 0 Å². The summed E-state index contributed by atoms with van der Waals surface area (Å²) in [6, 6.07) is 15.4. The molecule has 21 heavy (non-hydrogen) atoms. The summed E-state index contributed by atoms with van der Waals surface area (Å²) in [6.45, 7) is 2.01. The molecule has 4 nitrogen and oxygen atoms in total. The van der Waals surface area contributed by atoms with Crippen molar-refractivity contribution in [2.75, 3.05) is 0 Å². The molecule has 0 saturated heterocycles. The maximum Gasteiger partial charge on any atom is 0.364 e. The summed E-state index contributed by atoms with van der Waals surface area (Å²) in [4.78, 5) is 16.5. The van der Waals surface area contributed by atoms with Crippen molar-refractivity contribution in [3.8, 4) is 11.3 Å². The minimum Gasteiger partial charge on any atom is -0.421 e. The van der Waals surface area contributed by atoms with E-state index in [9.17, 15) is 4.79 Å². The summed E-state index contributed by atoms with van der Waals surface area (Å²) in [5.41, 5.74) is 3.46. The Labute approximate surface area is 120 Å². The van der Waals surface area contributed by atoms with Crippen LogP contribution in [0, 0.1) is 6.92 Å². The number of pyridine rings is 1. The molecule has 0 N–H and O–H groups in total. The molecule has 0 fully saturated rings. The molecule has 102 valence electrons. The van der Waals surface area contributed by atoms with Crippen molar-refractivity contribution >= 4 is 16.7 Å². The van der Waals surface area contributed by atoms with E-state index in [1.165, 1.54) is 0 Å². The molecule has 3 heterocycles. The SMILES string of the molecule is Cc1cccc(-c2cc3c(nc4ccccn43)c(=O)o2)c1. The van der Waals surface area contributed by atoms with Crippen molar-refractivity contribution in [1.29, 1.82) is 0 Å². The number of aromatic nitrogens is 2. The van der Waals surface area contributed by atoms with E-state index >= 15 is 0 Å². The maximum absolute atomic E-state index is 12.2. The van der Waals surface area contributed by atoms with E-state index in [2.05, 4.69) is 4.98 Å². The second kappa shape index (κ2) is 4.31. The van der Waals surface area contributed by atoms with Gasteiger partial charge in [0.1, 0.15) is 11.4 Å². The Bertz CT molecular complexity index is 1030. The predicted octanol–water partition coefficient (Wildman–Crippen LogP) is 3.42. The van der Waals surface area contributed by atoms with Crippen molar-refractivity contribution in [1.82, 2.24) is 9.38 Å². The number of hydrogen-bond donors (Lipinski definition) is 0. The van der Waals surface area contributed by atoms with Crippen LogP contribution in [0.3, 0.4) is 0 Å². The third-order valence-electron chi connectivity index (χ3n) is 3.53. The van der Waals surface area contributed by atoms with E-state index in [-0.39, 0.29) is 0 Å². The van der Waals surface area contributed by atoms with Gasteiger partial charge in [0, 0.05) is 17.8 Å². The summed E-state index contributed by atoms with van der Waals surface area (Å²) >= 11 is 0. The molecule has 0 aliphatic carbocycles. The molecule has 0 aliphatic heterocycles. The monoisotopic (exact) mass is 276 g/mol. The van der Waals surface area contributed by atoms with Gasteiger partial charge >= 0.3 is 5.63 Å². The van der Waals surface area contributed by atoms with E-state index in [0.717, 1.165) is 22.3 Å². The Balaban J connectivity index is 2.08. The van der Waals surface area contributed by atoms with E-state index < -0.39 is 5.63 Å². The smallest absolute Gasteiger partial charge is 0.364 e. The Morgan fingerprint density at radius 1 is 1.10 bits per heavy atom. The minimum atomic E-state index is -0.410. The molecule has 0 unspecified atom stereocenters. The van der Waals surface area contributed by atoms with Crippen molar-refractivity contribution in [3.05, 3.63) is 70.7 Å². The molecular formula is C17H12N2O2. The maximum atomic E-state index is 12.2. The topological polar surface area (TPSA) is 47.5 Å². The Morgan fingerprint density at radius 3 is 2.86 bits per heavy atom. The van der Waals surface area contributed by atoms with Gasteiger partial charge in [0.05, 0.1) is 5.52 Å². The normalized spacial score (nSPS) is 11.3. The molecule has 0 radical (unpaired) electrons. The second-order valence-corrected chi connectivity index (χ2v) is 5.04. The van der Waals surface area contributed by atoms with Crippen LogP contribution < -0.4 is 5.63 Å². The lowest BCUT2D eigenvalue weighted by Gasteiger charge is -2.02. The van der Waals surface area contributed by atoms with Gasteiger partial charge in [0.25, 0.3) is 0 Å². The number of nitrogens with zero attached hydrogens (tertiary/aromatic N) is 2. The zero-order valence-corrected chi connectivity index (χ0v) is 11.4. The summed E-state index contributed by atoms with van der Waals surface area (Å²) in [6.07, 6.45) is 1.89. The van der Waals surface area contributed by atoms with Gasteiger partial charge < -0.3 is 4.42 Å². The van der Waals surface area contributed by atoms with Crippen molar-refractivity contribution < 1.29 is 4.42 Å². The highest BCUT2D eigenvalue weighted by Gasteiger charge is 2.12. The lowest BCUT2D eigenvalue weighted by atomic mass is 10.1. The van der Waals surface area contributed by atoms with Crippen LogP contribution >= 0.6 is 0 Å². The first-order valence-corrected chi connectivity index (χ1v) is 6.70. The zero-order valence-electron chi connectivity index (χ0n) is 11.4. The van der Waals surface area contributed by atoms with Crippen molar-refractivity contribution in [2.45, 2.75) is 6.92 Å². The molecule has 0 aliphatic rings. The minimum absolute atomic E-state index is 0.359. The number of rotatable bonds is 1. The highest BCUT2D eigenvalue weighted by Crippen LogP contribution is 2.23. The molecule has 0 atom stereocenters. The molecule has 4 aromatic rings. The first kappa shape index (κ1) is 11.9. The van der Waals surface area contributed by atoms with Crippen molar-refractivity contribution in [3.63, 3.8) is 0 Å². The van der Waals surface area contributed by atoms with Gasteiger partial charge in [-0.15, -0.1) is 0 Å². The zero-order chi connectivity index (χ0) is 14.4. The number of aryl methyl sites for hydroxylation is 1. The molecule has 0 amide bonds. The van der Waals surface area contributed by atoms with Crippen LogP contribution in [0.1, 0.15) is 5.56 Å². The van der Waals surface area contributed by atoms with E-state index in [0.29, 0.717) is 11.3 Å². The van der Waals surface area contributed by atoms with Gasteiger partial charge in [-0.25, -0.2) is 9.78 Å². The Morgan fingerprint density at radius 2 is 2.00 bits per heavy atom. The Hall–Kier alpha value is -2.88. The third-order valence-corrected chi connectivity index (χ3v) is 3.53. The lowest BCUT2D eigenvalue weighted by Crippen LogP contribution is -2.00. The summed E-state index contributed by atoms with van der Waals surface area (Å²) < 4.78 is 7.32. The van der Waals surface area contributed by atoms with Gasteiger partial charge in [-0.05, 0) is 25.1 Å². The summed E-state index contributed by atoms with van der Waals surface area (Å²) in [7, 11) is 0. The van der Waals surface area contributed by atoms with Crippen LogP contribution in [0.4, 0.5) is 0 Å². The first-order valence-electron chi connectivity index (χ1n) is 6.70. The number of fused-ring (bicyclic) bond motifs is 3. The molecule has 3 aromatic heterocycles.